The van der Waals surface area contributed by atoms with Crippen molar-refractivity contribution >= 4 is 39.6 Å². The summed E-state index contributed by atoms with van der Waals surface area (Å²) in [6.07, 6.45) is 1.63. The highest BCUT2D eigenvalue weighted by atomic mass is 35.5. The predicted molar refractivity (Wildman–Crippen MR) is 80.8 cm³/mol. The Morgan fingerprint density at radius 1 is 1.05 bits per heavy atom. The largest absolute Gasteiger partial charge is 0.397 e. The monoisotopic (exact) mass is 287 g/mol. The first-order valence-corrected chi connectivity index (χ1v) is 6.39. The average molecular weight is 288 g/mol. The first kappa shape index (κ1) is 12.7. The third-order valence-electron chi connectivity index (χ3n) is 3.02. The standard InChI is InChI=1S/C15H11ClFN3/c16-10-4-2-6-13(14(10)17)20-12-7-8-19-15-9(12)3-1-5-11(15)18/h1-8H,18H2,(H,19,20). The number of benzene rings is 2. The second-order valence-electron chi connectivity index (χ2n) is 4.33. The molecule has 2 aromatic carbocycles. The van der Waals surface area contributed by atoms with Crippen LogP contribution < -0.4 is 11.1 Å². The number of hydrogen-bond donors (Lipinski definition) is 2. The molecule has 5 heteroatoms. The first-order valence-electron chi connectivity index (χ1n) is 6.01. The Bertz CT molecular complexity index is 789. The van der Waals surface area contributed by atoms with E-state index in [0.29, 0.717) is 16.9 Å². The van der Waals surface area contributed by atoms with Crippen molar-refractivity contribution in [2.75, 3.05) is 11.1 Å². The van der Waals surface area contributed by atoms with Crippen molar-refractivity contribution < 1.29 is 4.39 Å². The van der Waals surface area contributed by atoms with Crippen molar-refractivity contribution in [2.45, 2.75) is 0 Å². The molecule has 0 saturated heterocycles. The van der Waals surface area contributed by atoms with Gasteiger partial charge in [0.05, 0.1) is 21.9 Å². The average Bonchev–Trinajstić information content (AvgIpc) is 2.45. The lowest BCUT2D eigenvalue weighted by atomic mass is 10.1. The van der Waals surface area contributed by atoms with Crippen molar-refractivity contribution in [3.05, 3.63) is 59.5 Å². The summed E-state index contributed by atoms with van der Waals surface area (Å²) in [6, 6.07) is 12.1. The van der Waals surface area contributed by atoms with Crippen LogP contribution in [-0.4, -0.2) is 4.98 Å². The Kier molecular flexibility index (Phi) is 3.16. The quantitative estimate of drug-likeness (QED) is 0.689. The van der Waals surface area contributed by atoms with Crippen LogP contribution in [0.4, 0.5) is 21.5 Å². The lowest BCUT2D eigenvalue weighted by molar-refractivity contribution is 0.632. The van der Waals surface area contributed by atoms with Crippen LogP contribution in [-0.2, 0) is 0 Å². The Morgan fingerprint density at radius 3 is 2.70 bits per heavy atom. The van der Waals surface area contributed by atoms with Gasteiger partial charge in [0.1, 0.15) is 0 Å². The molecule has 0 amide bonds. The third-order valence-corrected chi connectivity index (χ3v) is 3.32. The van der Waals surface area contributed by atoms with Crippen molar-refractivity contribution in [2.24, 2.45) is 0 Å². The fourth-order valence-electron chi connectivity index (χ4n) is 2.05. The molecule has 0 unspecified atom stereocenters. The second kappa shape index (κ2) is 4.98. The molecule has 0 aliphatic heterocycles. The van der Waals surface area contributed by atoms with E-state index in [-0.39, 0.29) is 5.02 Å². The Hall–Kier alpha value is -2.33. The smallest absolute Gasteiger partial charge is 0.165 e. The van der Waals surface area contributed by atoms with Crippen molar-refractivity contribution in [1.82, 2.24) is 4.98 Å². The Morgan fingerprint density at radius 2 is 1.85 bits per heavy atom. The van der Waals surface area contributed by atoms with Gasteiger partial charge in [-0.05, 0) is 24.3 Å². The van der Waals surface area contributed by atoms with Gasteiger partial charge in [-0.3, -0.25) is 4.98 Å². The summed E-state index contributed by atoms with van der Waals surface area (Å²) < 4.78 is 13.9. The third kappa shape index (κ3) is 2.14. The molecule has 0 aliphatic carbocycles. The van der Waals surface area contributed by atoms with Gasteiger partial charge in [0.2, 0.25) is 0 Å². The molecule has 3 aromatic rings. The minimum Gasteiger partial charge on any atom is -0.397 e. The SMILES string of the molecule is Nc1cccc2c(Nc3cccc(Cl)c3F)ccnc12. The van der Waals surface area contributed by atoms with Crippen LogP contribution in [0.15, 0.2) is 48.7 Å². The number of rotatable bonds is 2. The Labute approximate surface area is 120 Å². The number of hydrogen-bond acceptors (Lipinski definition) is 3. The molecule has 20 heavy (non-hydrogen) atoms. The van der Waals surface area contributed by atoms with Crippen LogP contribution in [0.5, 0.6) is 0 Å². The molecule has 0 spiro atoms. The van der Waals surface area contributed by atoms with Crippen molar-refractivity contribution in [3.8, 4) is 0 Å². The normalized spacial score (nSPS) is 10.7. The molecule has 0 aliphatic rings. The summed E-state index contributed by atoms with van der Waals surface area (Å²) >= 11 is 5.78. The highest BCUT2D eigenvalue weighted by molar-refractivity contribution is 6.31. The Balaban J connectivity index is 2.12. The molecule has 3 N–H and O–H groups in total. The maximum Gasteiger partial charge on any atom is 0.165 e. The molecule has 100 valence electrons. The minimum absolute atomic E-state index is 0.0767. The van der Waals surface area contributed by atoms with E-state index >= 15 is 0 Å². The zero-order chi connectivity index (χ0) is 14.1. The van der Waals surface area contributed by atoms with Crippen LogP contribution in [0.2, 0.25) is 5.02 Å². The summed E-state index contributed by atoms with van der Waals surface area (Å²) in [4.78, 5) is 4.24. The predicted octanol–water partition coefficient (Wildman–Crippen LogP) is 4.35. The van der Waals surface area contributed by atoms with E-state index in [0.717, 1.165) is 11.1 Å². The number of fused-ring (bicyclic) bond motifs is 1. The van der Waals surface area contributed by atoms with E-state index in [1.165, 1.54) is 6.07 Å². The lowest BCUT2D eigenvalue weighted by Crippen LogP contribution is -1.97. The molecular weight excluding hydrogens is 277 g/mol. The van der Waals surface area contributed by atoms with E-state index in [1.54, 1.807) is 30.5 Å². The fraction of sp³-hybridized carbons (Fsp3) is 0. The van der Waals surface area contributed by atoms with Gasteiger partial charge in [0, 0.05) is 17.3 Å². The van der Waals surface area contributed by atoms with E-state index in [9.17, 15) is 4.39 Å². The fourth-order valence-corrected chi connectivity index (χ4v) is 2.23. The van der Waals surface area contributed by atoms with Crippen molar-refractivity contribution in [1.29, 1.82) is 0 Å². The molecule has 1 heterocycles. The summed E-state index contributed by atoms with van der Waals surface area (Å²) in [6.45, 7) is 0. The topological polar surface area (TPSA) is 50.9 Å². The van der Waals surface area contributed by atoms with Gasteiger partial charge in [-0.2, -0.15) is 0 Å². The van der Waals surface area contributed by atoms with Gasteiger partial charge in [0.15, 0.2) is 5.82 Å². The molecule has 0 bridgehead atoms. The number of nitrogens with two attached hydrogens (primary N) is 1. The van der Waals surface area contributed by atoms with Gasteiger partial charge in [-0.15, -0.1) is 0 Å². The number of aromatic nitrogens is 1. The van der Waals surface area contributed by atoms with Crippen LogP contribution in [0.25, 0.3) is 10.9 Å². The zero-order valence-corrected chi connectivity index (χ0v) is 11.2. The highest BCUT2D eigenvalue weighted by Crippen LogP contribution is 2.30. The minimum atomic E-state index is -0.483. The van der Waals surface area contributed by atoms with Gasteiger partial charge in [-0.1, -0.05) is 29.8 Å². The number of pyridine rings is 1. The number of nitrogens with zero attached hydrogens (tertiary/aromatic N) is 1. The molecule has 0 fully saturated rings. The lowest BCUT2D eigenvalue weighted by Gasteiger charge is -2.11. The molecule has 0 radical (unpaired) electrons. The van der Waals surface area contributed by atoms with Crippen LogP contribution in [0.1, 0.15) is 0 Å². The van der Waals surface area contributed by atoms with Crippen molar-refractivity contribution in [3.63, 3.8) is 0 Å². The van der Waals surface area contributed by atoms with E-state index in [1.807, 2.05) is 12.1 Å². The number of para-hydroxylation sites is 1. The summed E-state index contributed by atoms with van der Waals surface area (Å²) in [5.74, 6) is -0.483. The van der Waals surface area contributed by atoms with Crippen LogP contribution >= 0.6 is 11.6 Å². The maximum atomic E-state index is 13.9. The molecule has 1 aromatic heterocycles. The number of nitrogen functional groups attached to an aromatic ring is 1. The molecule has 3 nitrogen and oxygen atoms in total. The molecule has 3 rings (SSSR count). The number of nitrogens with one attached hydrogen (secondary N) is 1. The maximum absolute atomic E-state index is 13.9. The molecule has 0 atom stereocenters. The summed E-state index contributed by atoms with van der Waals surface area (Å²) in [5, 5.41) is 3.93. The van der Waals surface area contributed by atoms with Gasteiger partial charge in [0.25, 0.3) is 0 Å². The molecular formula is C15H11ClFN3. The molecule has 0 saturated carbocycles. The van der Waals surface area contributed by atoms with Gasteiger partial charge >= 0.3 is 0 Å². The summed E-state index contributed by atoms with van der Waals surface area (Å²) in [5.41, 5.74) is 8.19. The van der Waals surface area contributed by atoms with Crippen LogP contribution in [0, 0.1) is 5.82 Å². The van der Waals surface area contributed by atoms with Crippen LogP contribution in [0.3, 0.4) is 0 Å². The number of halogens is 2. The second-order valence-corrected chi connectivity index (χ2v) is 4.74. The van der Waals surface area contributed by atoms with Gasteiger partial charge in [-0.25, -0.2) is 4.39 Å². The van der Waals surface area contributed by atoms with E-state index in [4.69, 9.17) is 17.3 Å². The van der Waals surface area contributed by atoms with E-state index in [2.05, 4.69) is 10.3 Å². The highest BCUT2D eigenvalue weighted by Gasteiger charge is 2.09. The summed E-state index contributed by atoms with van der Waals surface area (Å²) in [7, 11) is 0. The zero-order valence-electron chi connectivity index (χ0n) is 10.4. The first-order chi connectivity index (χ1) is 9.66. The van der Waals surface area contributed by atoms with E-state index < -0.39 is 5.82 Å². The van der Waals surface area contributed by atoms with Gasteiger partial charge < -0.3 is 11.1 Å². The number of anilines is 3.